The minimum absolute atomic E-state index is 0.274. The number of thioether (sulfide) groups is 1. The molecule has 1 aromatic carbocycles. The van der Waals surface area contributed by atoms with E-state index in [-0.39, 0.29) is 5.82 Å². The van der Waals surface area contributed by atoms with Crippen LogP contribution in [0.3, 0.4) is 0 Å². The SMILES string of the molecule is CSC1CCC(NCc2ccc(F)cc2Cl)CC1. The van der Waals surface area contributed by atoms with Gasteiger partial charge in [0.25, 0.3) is 0 Å². The second kappa shape index (κ2) is 6.78. The van der Waals surface area contributed by atoms with Gasteiger partial charge in [0.15, 0.2) is 0 Å². The van der Waals surface area contributed by atoms with Gasteiger partial charge in [0, 0.05) is 22.9 Å². The van der Waals surface area contributed by atoms with E-state index in [1.165, 1.54) is 37.8 Å². The molecule has 0 saturated heterocycles. The highest BCUT2D eigenvalue weighted by Crippen LogP contribution is 2.27. The summed E-state index contributed by atoms with van der Waals surface area (Å²) in [6.07, 6.45) is 7.22. The van der Waals surface area contributed by atoms with Crippen LogP contribution in [0.2, 0.25) is 5.02 Å². The number of rotatable bonds is 4. The molecule has 4 heteroatoms. The maximum atomic E-state index is 12.9. The standard InChI is InChI=1S/C14H19ClFNS/c1-18-13-6-4-12(5-7-13)17-9-10-2-3-11(16)8-14(10)15/h2-3,8,12-13,17H,4-7,9H2,1H3. The van der Waals surface area contributed by atoms with E-state index >= 15 is 0 Å². The Morgan fingerprint density at radius 2 is 2.06 bits per heavy atom. The molecule has 0 atom stereocenters. The lowest BCUT2D eigenvalue weighted by Crippen LogP contribution is -2.33. The van der Waals surface area contributed by atoms with Crippen LogP contribution in [0.25, 0.3) is 0 Å². The second-order valence-electron chi connectivity index (χ2n) is 4.83. The summed E-state index contributed by atoms with van der Waals surface area (Å²) in [5, 5.41) is 4.87. The van der Waals surface area contributed by atoms with E-state index in [0.29, 0.717) is 11.1 Å². The van der Waals surface area contributed by atoms with Crippen LogP contribution in [0.1, 0.15) is 31.2 Å². The highest BCUT2D eigenvalue weighted by molar-refractivity contribution is 7.99. The molecule has 1 N–H and O–H groups in total. The molecule has 0 aromatic heterocycles. The first-order chi connectivity index (χ1) is 8.69. The second-order valence-corrected chi connectivity index (χ2v) is 6.37. The average Bonchev–Trinajstić information content (AvgIpc) is 2.38. The lowest BCUT2D eigenvalue weighted by molar-refractivity contribution is 0.379. The van der Waals surface area contributed by atoms with Crippen LogP contribution in [-0.4, -0.2) is 17.5 Å². The fourth-order valence-electron chi connectivity index (χ4n) is 2.42. The van der Waals surface area contributed by atoms with Crippen molar-refractivity contribution in [2.75, 3.05) is 6.26 Å². The monoisotopic (exact) mass is 287 g/mol. The third-order valence-electron chi connectivity index (χ3n) is 3.60. The van der Waals surface area contributed by atoms with Crippen molar-refractivity contribution >= 4 is 23.4 Å². The van der Waals surface area contributed by atoms with Crippen LogP contribution in [0.15, 0.2) is 18.2 Å². The van der Waals surface area contributed by atoms with Gasteiger partial charge < -0.3 is 5.32 Å². The van der Waals surface area contributed by atoms with E-state index in [1.54, 1.807) is 6.07 Å². The summed E-state index contributed by atoms with van der Waals surface area (Å²) < 4.78 is 12.9. The van der Waals surface area contributed by atoms with Crippen molar-refractivity contribution in [3.63, 3.8) is 0 Å². The van der Waals surface area contributed by atoms with Crippen LogP contribution < -0.4 is 5.32 Å². The van der Waals surface area contributed by atoms with Gasteiger partial charge in [-0.25, -0.2) is 4.39 Å². The Morgan fingerprint density at radius 3 is 2.67 bits per heavy atom. The van der Waals surface area contributed by atoms with Gasteiger partial charge in [-0.2, -0.15) is 11.8 Å². The van der Waals surface area contributed by atoms with Crippen LogP contribution in [0, 0.1) is 5.82 Å². The van der Waals surface area contributed by atoms with Gasteiger partial charge in [-0.3, -0.25) is 0 Å². The molecule has 1 saturated carbocycles. The Morgan fingerprint density at radius 1 is 1.33 bits per heavy atom. The molecule has 0 aliphatic heterocycles. The molecule has 1 nitrogen and oxygen atoms in total. The number of hydrogen-bond acceptors (Lipinski definition) is 2. The summed E-state index contributed by atoms with van der Waals surface area (Å²) in [4.78, 5) is 0. The van der Waals surface area contributed by atoms with Crippen molar-refractivity contribution in [2.45, 2.75) is 43.5 Å². The quantitative estimate of drug-likeness (QED) is 0.889. The molecule has 100 valence electrons. The number of nitrogens with one attached hydrogen (secondary N) is 1. The molecule has 0 unspecified atom stereocenters. The summed E-state index contributed by atoms with van der Waals surface area (Å²) in [6.45, 7) is 0.730. The minimum atomic E-state index is -0.274. The number of hydrogen-bond donors (Lipinski definition) is 1. The van der Waals surface area contributed by atoms with E-state index in [4.69, 9.17) is 11.6 Å². The van der Waals surface area contributed by atoms with Gasteiger partial charge >= 0.3 is 0 Å². The fraction of sp³-hybridized carbons (Fsp3) is 0.571. The minimum Gasteiger partial charge on any atom is -0.310 e. The van der Waals surface area contributed by atoms with Crippen molar-refractivity contribution < 1.29 is 4.39 Å². The van der Waals surface area contributed by atoms with Crippen molar-refractivity contribution in [3.8, 4) is 0 Å². The van der Waals surface area contributed by atoms with Gasteiger partial charge in [-0.15, -0.1) is 0 Å². The van der Waals surface area contributed by atoms with Gasteiger partial charge in [-0.1, -0.05) is 17.7 Å². The topological polar surface area (TPSA) is 12.0 Å². The van der Waals surface area contributed by atoms with Crippen molar-refractivity contribution in [1.82, 2.24) is 5.32 Å². The van der Waals surface area contributed by atoms with Gasteiger partial charge in [0.05, 0.1) is 0 Å². The largest absolute Gasteiger partial charge is 0.310 e. The van der Waals surface area contributed by atoms with Crippen LogP contribution in [-0.2, 0) is 6.54 Å². The van der Waals surface area contributed by atoms with Crippen molar-refractivity contribution in [1.29, 1.82) is 0 Å². The van der Waals surface area contributed by atoms with Gasteiger partial charge in [0.2, 0.25) is 0 Å². The molecule has 0 spiro atoms. The highest BCUT2D eigenvalue weighted by Gasteiger charge is 2.19. The molecule has 1 aliphatic carbocycles. The molecule has 1 aromatic rings. The van der Waals surface area contributed by atoms with Crippen LogP contribution in [0.4, 0.5) is 4.39 Å². The molecule has 0 bridgehead atoms. The molecule has 2 rings (SSSR count). The maximum Gasteiger partial charge on any atom is 0.124 e. The van der Waals surface area contributed by atoms with E-state index in [2.05, 4.69) is 11.6 Å². The molecule has 0 amide bonds. The zero-order valence-electron chi connectivity index (χ0n) is 10.6. The predicted molar refractivity (Wildman–Crippen MR) is 77.8 cm³/mol. The molecule has 0 heterocycles. The summed E-state index contributed by atoms with van der Waals surface area (Å²) >= 11 is 7.99. The van der Waals surface area contributed by atoms with Gasteiger partial charge in [-0.05, 0) is 49.6 Å². The van der Waals surface area contributed by atoms with Crippen molar-refractivity contribution in [2.24, 2.45) is 0 Å². The Hall–Kier alpha value is -0.250. The summed E-state index contributed by atoms with van der Waals surface area (Å²) in [5.41, 5.74) is 0.977. The lowest BCUT2D eigenvalue weighted by atomic mass is 9.95. The van der Waals surface area contributed by atoms with Crippen LogP contribution >= 0.6 is 23.4 Å². The van der Waals surface area contributed by atoms with E-state index in [0.717, 1.165) is 17.4 Å². The molecule has 0 radical (unpaired) electrons. The number of halogens is 2. The highest BCUT2D eigenvalue weighted by atomic mass is 35.5. The smallest absolute Gasteiger partial charge is 0.124 e. The predicted octanol–water partition coefficient (Wildman–Crippen LogP) is 4.24. The third-order valence-corrected chi connectivity index (χ3v) is 5.09. The molecule has 1 fully saturated rings. The van der Waals surface area contributed by atoms with Crippen LogP contribution in [0.5, 0.6) is 0 Å². The third kappa shape index (κ3) is 3.87. The first kappa shape index (κ1) is 14.2. The Bertz CT molecular complexity index is 391. The Kier molecular flexibility index (Phi) is 5.34. The molecule has 18 heavy (non-hydrogen) atoms. The van der Waals surface area contributed by atoms with Gasteiger partial charge in [0.1, 0.15) is 5.82 Å². The molecular weight excluding hydrogens is 269 g/mol. The Labute approximate surface area is 117 Å². The fourth-order valence-corrected chi connectivity index (χ4v) is 3.40. The maximum absolute atomic E-state index is 12.9. The molecular formula is C14H19ClFNS. The zero-order chi connectivity index (χ0) is 13.0. The zero-order valence-corrected chi connectivity index (χ0v) is 12.2. The molecule has 1 aliphatic rings. The van der Waals surface area contributed by atoms with E-state index < -0.39 is 0 Å². The number of benzene rings is 1. The Balaban J connectivity index is 1.81. The summed E-state index contributed by atoms with van der Waals surface area (Å²) in [5.74, 6) is -0.274. The summed E-state index contributed by atoms with van der Waals surface area (Å²) in [6, 6.07) is 5.18. The lowest BCUT2D eigenvalue weighted by Gasteiger charge is -2.28. The van der Waals surface area contributed by atoms with Crippen molar-refractivity contribution in [3.05, 3.63) is 34.6 Å². The normalized spacial score (nSPS) is 24.2. The average molecular weight is 288 g/mol. The van der Waals surface area contributed by atoms with E-state index in [1.807, 2.05) is 11.8 Å². The summed E-state index contributed by atoms with van der Waals surface area (Å²) in [7, 11) is 0. The van der Waals surface area contributed by atoms with E-state index in [9.17, 15) is 4.39 Å². The first-order valence-electron chi connectivity index (χ1n) is 6.39. The first-order valence-corrected chi connectivity index (χ1v) is 8.05.